The molecule has 1 aromatic rings. The summed E-state index contributed by atoms with van der Waals surface area (Å²) in [5.74, 6) is -0.0910. The van der Waals surface area contributed by atoms with Gasteiger partial charge < -0.3 is 10.6 Å². The van der Waals surface area contributed by atoms with E-state index >= 15 is 0 Å². The Balaban J connectivity index is 1.87. The molecule has 0 spiro atoms. The van der Waals surface area contributed by atoms with Gasteiger partial charge in [-0.25, -0.2) is 0 Å². The minimum absolute atomic E-state index is 0.0910. The van der Waals surface area contributed by atoms with E-state index in [1.54, 1.807) is 0 Å². The largest absolute Gasteiger partial charge is 0.360 e. The first-order valence-electron chi connectivity index (χ1n) is 5.68. The lowest BCUT2D eigenvalue weighted by atomic mass is 9.93. The first kappa shape index (κ1) is 11.3. The van der Waals surface area contributed by atoms with E-state index in [0.29, 0.717) is 11.0 Å². The van der Waals surface area contributed by atoms with E-state index in [2.05, 4.69) is 27.8 Å². The fourth-order valence-corrected chi connectivity index (χ4v) is 2.09. The fraction of sp³-hybridized carbons (Fsp3) is 0.700. The monoisotopic (exact) mass is 240 g/mol. The van der Waals surface area contributed by atoms with Gasteiger partial charge in [0.15, 0.2) is 0 Å². The average Bonchev–Trinajstić information content (AvgIpc) is 2.69. The van der Waals surface area contributed by atoms with E-state index in [9.17, 15) is 4.79 Å². The third-order valence-electron chi connectivity index (χ3n) is 2.59. The Labute approximate surface area is 98.7 Å². The molecule has 0 atom stereocenters. The van der Waals surface area contributed by atoms with Gasteiger partial charge in [0.05, 0.1) is 0 Å². The van der Waals surface area contributed by atoms with Gasteiger partial charge in [0, 0.05) is 12.6 Å². The van der Waals surface area contributed by atoms with Gasteiger partial charge in [-0.3, -0.25) is 4.79 Å². The molecule has 1 aliphatic rings. The Hall–Kier alpha value is -1.17. The second-order valence-corrected chi connectivity index (χ2v) is 4.92. The van der Waals surface area contributed by atoms with Crippen LogP contribution in [0.2, 0.25) is 0 Å². The number of carbonyl (C=O) groups excluding carboxylic acids is 1. The Bertz CT molecular complexity index is 361. The van der Waals surface area contributed by atoms with E-state index < -0.39 is 0 Å². The molecule has 6 heteroatoms. The van der Waals surface area contributed by atoms with Crippen molar-refractivity contribution in [1.29, 1.82) is 0 Å². The van der Waals surface area contributed by atoms with Crippen molar-refractivity contribution in [2.75, 3.05) is 11.9 Å². The molecule has 16 heavy (non-hydrogen) atoms. The predicted molar refractivity (Wildman–Crippen MR) is 63.8 cm³/mol. The molecule has 0 bridgehead atoms. The third-order valence-corrected chi connectivity index (χ3v) is 3.47. The highest BCUT2D eigenvalue weighted by Gasteiger charge is 2.22. The molecule has 1 saturated carbocycles. The van der Waals surface area contributed by atoms with E-state index in [0.717, 1.165) is 30.9 Å². The number of aromatic nitrogens is 2. The minimum Gasteiger partial charge on any atom is -0.360 e. The van der Waals surface area contributed by atoms with Crippen molar-refractivity contribution < 1.29 is 4.79 Å². The smallest absolute Gasteiger partial charge is 0.282 e. The summed E-state index contributed by atoms with van der Waals surface area (Å²) in [4.78, 5) is 11.7. The SMILES string of the molecule is CCCNc1nnc(C(=O)NC2CCC2)s1. The van der Waals surface area contributed by atoms with Crippen LogP contribution >= 0.6 is 11.3 Å². The van der Waals surface area contributed by atoms with Crippen molar-refractivity contribution in [2.24, 2.45) is 0 Å². The summed E-state index contributed by atoms with van der Waals surface area (Å²) < 4.78 is 0. The van der Waals surface area contributed by atoms with Crippen molar-refractivity contribution in [1.82, 2.24) is 15.5 Å². The molecule has 1 aromatic heterocycles. The van der Waals surface area contributed by atoms with Gasteiger partial charge in [-0.15, -0.1) is 10.2 Å². The number of amides is 1. The number of nitrogens with zero attached hydrogens (tertiary/aromatic N) is 2. The normalized spacial score (nSPS) is 15.6. The van der Waals surface area contributed by atoms with Gasteiger partial charge >= 0.3 is 0 Å². The van der Waals surface area contributed by atoms with Crippen LogP contribution in [0.4, 0.5) is 5.13 Å². The van der Waals surface area contributed by atoms with Gasteiger partial charge in [0.1, 0.15) is 0 Å². The van der Waals surface area contributed by atoms with Crippen molar-refractivity contribution in [3.63, 3.8) is 0 Å². The molecule has 1 aliphatic carbocycles. The van der Waals surface area contributed by atoms with E-state index in [-0.39, 0.29) is 5.91 Å². The lowest BCUT2D eigenvalue weighted by molar-refractivity contribution is 0.0916. The van der Waals surface area contributed by atoms with Crippen molar-refractivity contribution in [3.8, 4) is 0 Å². The molecule has 0 unspecified atom stereocenters. The summed E-state index contributed by atoms with van der Waals surface area (Å²) in [6, 6.07) is 0.350. The van der Waals surface area contributed by atoms with Crippen LogP contribution in [0.3, 0.4) is 0 Å². The van der Waals surface area contributed by atoms with E-state index in [1.807, 2.05) is 0 Å². The quantitative estimate of drug-likeness (QED) is 0.821. The summed E-state index contributed by atoms with van der Waals surface area (Å²) >= 11 is 1.31. The van der Waals surface area contributed by atoms with Crippen LogP contribution in [0.25, 0.3) is 0 Å². The maximum absolute atomic E-state index is 11.7. The Kier molecular flexibility index (Phi) is 3.71. The average molecular weight is 240 g/mol. The van der Waals surface area contributed by atoms with Crippen LogP contribution in [-0.4, -0.2) is 28.7 Å². The van der Waals surface area contributed by atoms with Crippen LogP contribution in [0.5, 0.6) is 0 Å². The molecule has 0 aliphatic heterocycles. The lowest BCUT2D eigenvalue weighted by Gasteiger charge is -2.25. The molecule has 1 fully saturated rings. The first-order chi connectivity index (χ1) is 7.79. The Morgan fingerprint density at radius 3 is 2.94 bits per heavy atom. The number of rotatable bonds is 5. The van der Waals surface area contributed by atoms with Gasteiger partial charge in [0.25, 0.3) is 5.91 Å². The topological polar surface area (TPSA) is 66.9 Å². The molecule has 0 saturated heterocycles. The Morgan fingerprint density at radius 1 is 1.50 bits per heavy atom. The predicted octanol–water partition coefficient (Wildman–Crippen LogP) is 1.64. The summed E-state index contributed by atoms with van der Waals surface area (Å²) in [5, 5.41) is 15.0. The standard InChI is InChI=1S/C10H16N4OS/c1-2-6-11-10-14-13-9(16-10)8(15)12-7-4-3-5-7/h7H,2-6H2,1H3,(H,11,14)(H,12,15). The van der Waals surface area contributed by atoms with Gasteiger partial charge in [-0.2, -0.15) is 0 Å². The molecular weight excluding hydrogens is 224 g/mol. The highest BCUT2D eigenvalue weighted by atomic mass is 32.1. The number of hydrogen-bond donors (Lipinski definition) is 2. The number of anilines is 1. The molecule has 2 N–H and O–H groups in total. The van der Waals surface area contributed by atoms with Crippen LogP contribution in [0.1, 0.15) is 42.4 Å². The zero-order chi connectivity index (χ0) is 11.4. The zero-order valence-corrected chi connectivity index (χ0v) is 10.1. The summed E-state index contributed by atoms with van der Waals surface area (Å²) in [6.07, 6.45) is 4.42. The van der Waals surface area contributed by atoms with E-state index in [1.165, 1.54) is 17.8 Å². The number of nitrogens with one attached hydrogen (secondary N) is 2. The molecule has 5 nitrogen and oxygen atoms in total. The van der Waals surface area contributed by atoms with Gasteiger partial charge in [0.2, 0.25) is 10.1 Å². The highest BCUT2D eigenvalue weighted by Crippen LogP contribution is 2.20. The first-order valence-corrected chi connectivity index (χ1v) is 6.49. The highest BCUT2D eigenvalue weighted by molar-refractivity contribution is 7.17. The summed E-state index contributed by atoms with van der Waals surface area (Å²) in [6.45, 7) is 2.94. The molecule has 0 radical (unpaired) electrons. The summed E-state index contributed by atoms with van der Waals surface area (Å²) in [5.41, 5.74) is 0. The van der Waals surface area contributed by atoms with Gasteiger partial charge in [-0.05, 0) is 25.7 Å². The van der Waals surface area contributed by atoms with Crippen LogP contribution in [0.15, 0.2) is 0 Å². The van der Waals surface area contributed by atoms with Crippen molar-refractivity contribution >= 4 is 22.4 Å². The molecule has 88 valence electrons. The Morgan fingerprint density at radius 2 is 2.31 bits per heavy atom. The molecular formula is C10H16N4OS. The van der Waals surface area contributed by atoms with E-state index in [4.69, 9.17) is 0 Å². The third kappa shape index (κ3) is 2.69. The van der Waals surface area contributed by atoms with Crippen molar-refractivity contribution in [2.45, 2.75) is 38.6 Å². The zero-order valence-electron chi connectivity index (χ0n) is 9.32. The van der Waals surface area contributed by atoms with Crippen LogP contribution < -0.4 is 10.6 Å². The molecule has 2 rings (SSSR count). The molecule has 0 aromatic carbocycles. The fourth-order valence-electron chi connectivity index (χ4n) is 1.42. The lowest BCUT2D eigenvalue weighted by Crippen LogP contribution is -2.39. The maximum atomic E-state index is 11.7. The van der Waals surface area contributed by atoms with Crippen LogP contribution in [-0.2, 0) is 0 Å². The van der Waals surface area contributed by atoms with Gasteiger partial charge in [-0.1, -0.05) is 18.3 Å². The summed E-state index contributed by atoms with van der Waals surface area (Å²) in [7, 11) is 0. The molecule has 1 amide bonds. The van der Waals surface area contributed by atoms with Crippen LogP contribution in [0, 0.1) is 0 Å². The molecule has 1 heterocycles. The second-order valence-electron chi connectivity index (χ2n) is 3.94. The maximum Gasteiger partial charge on any atom is 0.282 e. The number of hydrogen-bond acceptors (Lipinski definition) is 5. The minimum atomic E-state index is -0.0910. The van der Waals surface area contributed by atoms with Crippen molar-refractivity contribution in [3.05, 3.63) is 5.01 Å². The second kappa shape index (κ2) is 5.25. The number of carbonyl (C=O) groups is 1.